The number of ether oxygens (including phenoxy) is 1. The average Bonchev–Trinajstić information content (AvgIpc) is 3.21. The van der Waals surface area contributed by atoms with Gasteiger partial charge in [-0.15, -0.1) is 0 Å². The minimum atomic E-state index is -3.38. The third-order valence-electron chi connectivity index (χ3n) is 6.48. The number of nitrogens with zero attached hydrogens (tertiary/aromatic N) is 2. The summed E-state index contributed by atoms with van der Waals surface area (Å²) in [6.45, 7) is 6.34. The summed E-state index contributed by atoms with van der Waals surface area (Å²) < 4.78 is 32.0. The third-order valence-corrected chi connectivity index (χ3v) is 7.59. The first-order valence-electron chi connectivity index (χ1n) is 10.8. The quantitative estimate of drug-likeness (QED) is 0.550. The Balaban J connectivity index is 1.76. The molecule has 0 saturated heterocycles. The molecule has 0 bridgehead atoms. The predicted octanol–water partition coefficient (Wildman–Crippen LogP) is 5.20. The monoisotopic (exact) mass is 442 g/mol. The Kier molecular flexibility index (Phi) is 5.73. The number of pyridine rings is 1. The molecule has 1 aromatic rings. The zero-order valence-electron chi connectivity index (χ0n) is 18.5. The van der Waals surface area contributed by atoms with Gasteiger partial charge in [-0.2, -0.15) is 4.73 Å². The fourth-order valence-corrected chi connectivity index (χ4v) is 5.20. The average molecular weight is 443 g/mol. The Morgan fingerprint density at radius 1 is 1.06 bits per heavy atom. The molecule has 3 aliphatic rings. The van der Waals surface area contributed by atoms with E-state index in [0.29, 0.717) is 28.7 Å². The molecule has 1 aliphatic carbocycles. The van der Waals surface area contributed by atoms with Crippen molar-refractivity contribution in [2.75, 3.05) is 6.26 Å². The molecule has 6 nitrogen and oxygen atoms in total. The van der Waals surface area contributed by atoms with Crippen LogP contribution in [0.1, 0.15) is 45.2 Å². The van der Waals surface area contributed by atoms with Crippen molar-refractivity contribution in [3.05, 3.63) is 42.2 Å². The summed E-state index contributed by atoms with van der Waals surface area (Å²) >= 11 is 0. The molecule has 1 fully saturated rings. The minimum Gasteiger partial charge on any atom is -0.490 e. The van der Waals surface area contributed by atoms with Crippen LogP contribution >= 0.6 is 0 Å². The van der Waals surface area contributed by atoms with Gasteiger partial charge < -0.3 is 9.94 Å². The Labute approximate surface area is 184 Å². The number of hydrogen-bond donors (Lipinski definition) is 1. The molecule has 1 N–H and O–H groups in total. The van der Waals surface area contributed by atoms with E-state index in [1.807, 2.05) is 12.1 Å². The van der Waals surface area contributed by atoms with Crippen LogP contribution in [0.3, 0.4) is 0 Å². The van der Waals surface area contributed by atoms with Crippen LogP contribution < -0.4 is 4.74 Å². The molecule has 0 aromatic heterocycles. The molecule has 1 aromatic carbocycles. The standard InChI is InChI=1S/C24H30N2O4S/c1-15(2)17-5-7-18(8-6-17)30-23-10-9-19(31(4,28)29)14-22(23)21-13-16(3)26(27)24-20(21)11-12-25-24/h9-15,17-18,27H,5-8H2,1-4H3. The van der Waals surface area contributed by atoms with E-state index in [4.69, 9.17) is 4.74 Å². The minimum absolute atomic E-state index is 0.110. The maximum atomic E-state index is 12.3. The lowest BCUT2D eigenvalue weighted by atomic mass is 9.80. The molecule has 166 valence electrons. The van der Waals surface area contributed by atoms with Crippen LogP contribution in [0.25, 0.3) is 22.5 Å². The molecule has 0 radical (unpaired) electrons. The number of rotatable bonds is 5. The first kappa shape index (κ1) is 21.7. The Bertz CT molecular complexity index is 1160. The highest BCUT2D eigenvalue weighted by atomic mass is 32.2. The zero-order valence-corrected chi connectivity index (χ0v) is 19.3. The van der Waals surface area contributed by atoms with Crippen molar-refractivity contribution >= 4 is 9.84 Å². The van der Waals surface area contributed by atoms with Gasteiger partial charge in [-0.3, -0.25) is 0 Å². The SMILES string of the molecule is Cc1cc(-c2cc(S(C)(=O)=O)ccc2OC2CCC(C(C)C)CC2)c2ccnc-2n1O. The van der Waals surface area contributed by atoms with E-state index < -0.39 is 9.84 Å². The zero-order chi connectivity index (χ0) is 22.3. The van der Waals surface area contributed by atoms with Gasteiger partial charge in [-0.25, -0.2) is 13.4 Å². The van der Waals surface area contributed by atoms with Crippen molar-refractivity contribution < 1.29 is 18.4 Å². The molecule has 0 atom stereocenters. The van der Waals surface area contributed by atoms with Crippen LogP contribution in [0.2, 0.25) is 0 Å². The highest BCUT2D eigenvalue weighted by molar-refractivity contribution is 7.90. The van der Waals surface area contributed by atoms with E-state index in [1.165, 1.54) is 6.26 Å². The highest BCUT2D eigenvalue weighted by Gasteiger charge is 2.26. The third kappa shape index (κ3) is 4.28. The van der Waals surface area contributed by atoms with Gasteiger partial charge in [0.25, 0.3) is 0 Å². The second kappa shape index (κ2) is 8.19. The number of fused-ring (bicyclic) bond motifs is 1. The van der Waals surface area contributed by atoms with E-state index >= 15 is 0 Å². The lowest BCUT2D eigenvalue weighted by Crippen LogP contribution is -2.26. The molecule has 7 heteroatoms. The van der Waals surface area contributed by atoms with Gasteiger partial charge in [0.1, 0.15) is 5.75 Å². The molecular weight excluding hydrogens is 412 g/mol. The van der Waals surface area contributed by atoms with E-state index in [9.17, 15) is 13.6 Å². The first-order chi connectivity index (χ1) is 14.6. The van der Waals surface area contributed by atoms with Crippen LogP contribution in [0, 0.1) is 18.8 Å². The summed E-state index contributed by atoms with van der Waals surface area (Å²) in [5.74, 6) is 2.51. The van der Waals surface area contributed by atoms with Crippen LogP contribution in [0.15, 0.2) is 41.4 Å². The molecule has 0 spiro atoms. The summed E-state index contributed by atoms with van der Waals surface area (Å²) in [6.07, 6.45) is 7.22. The topological polar surface area (TPSA) is 81.4 Å². The summed E-state index contributed by atoms with van der Waals surface area (Å²) in [4.78, 5) is 4.50. The van der Waals surface area contributed by atoms with Gasteiger partial charge in [-0.05, 0) is 80.3 Å². The van der Waals surface area contributed by atoms with Crippen molar-refractivity contribution in [3.63, 3.8) is 0 Å². The molecule has 2 aliphatic heterocycles. The Morgan fingerprint density at radius 2 is 1.77 bits per heavy atom. The van der Waals surface area contributed by atoms with Gasteiger partial charge >= 0.3 is 0 Å². The molecular formula is C24H30N2O4S. The van der Waals surface area contributed by atoms with E-state index in [0.717, 1.165) is 47.5 Å². The summed E-state index contributed by atoms with van der Waals surface area (Å²) in [7, 11) is -3.38. The maximum absolute atomic E-state index is 12.3. The molecule has 4 rings (SSSR count). The Hall–Kier alpha value is -2.54. The van der Waals surface area contributed by atoms with Crippen molar-refractivity contribution in [3.8, 4) is 28.3 Å². The highest BCUT2D eigenvalue weighted by Crippen LogP contribution is 2.41. The lowest BCUT2D eigenvalue weighted by Gasteiger charge is -2.31. The Morgan fingerprint density at radius 3 is 2.42 bits per heavy atom. The fraction of sp³-hybridized carbons (Fsp3) is 0.458. The van der Waals surface area contributed by atoms with Crippen molar-refractivity contribution in [1.82, 2.24) is 9.71 Å². The molecule has 1 saturated carbocycles. The van der Waals surface area contributed by atoms with Crippen LogP contribution in [-0.4, -0.2) is 35.7 Å². The largest absolute Gasteiger partial charge is 0.490 e. The molecule has 2 heterocycles. The van der Waals surface area contributed by atoms with Crippen molar-refractivity contribution in [1.29, 1.82) is 0 Å². The van der Waals surface area contributed by atoms with Gasteiger partial charge in [0.05, 0.1) is 16.7 Å². The van der Waals surface area contributed by atoms with Crippen LogP contribution in [0.5, 0.6) is 5.75 Å². The normalized spacial score (nSPS) is 19.8. The van der Waals surface area contributed by atoms with Gasteiger partial charge in [-0.1, -0.05) is 13.8 Å². The first-order valence-corrected chi connectivity index (χ1v) is 12.7. The summed E-state index contributed by atoms with van der Waals surface area (Å²) in [5.41, 5.74) is 2.85. The summed E-state index contributed by atoms with van der Waals surface area (Å²) in [6, 6.07) is 8.71. The number of aryl methyl sites for hydroxylation is 1. The second-order valence-corrected chi connectivity index (χ2v) is 11.0. The van der Waals surface area contributed by atoms with Crippen molar-refractivity contribution in [2.45, 2.75) is 57.5 Å². The van der Waals surface area contributed by atoms with Gasteiger partial charge in [0.2, 0.25) is 0 Å². The molecule has 0 unspecified atom stereocenters. The lowest BCUT2D eigenvalue weighted by molar-refractivity contribution is 0.117. The van der Waals surface area contributed by atoms with E-state index in [2.05, 4.69) is 18.8 Å². The van der Waals surface area contributed by atoms with E-state index in [1.54, 1.807) is 31.3 Å². The number of benzene rings is 1. The smallest absolute Gasteiger partial charge is 0.176 e. The molecule has 31 heavy (non-hydrogen) atoms. The fourth-order valence-electron chi connectivity index (χ4n) is 4.55. The maximum Gasteiger partial charge on any atom is 0.176 e. The number of hydrogen-bond acceptors (Lipinski definition) is 5. The van der Waals surface area contributed by atoms with Crippen LogP contribution in [0.4, 0.5) is 0 Å². The predicted molar refractivity (Wildman–Crippen MR) is 121 cm³/mol. The summed E-state index contributed by atoms with van der Waals surface area (Å²) in [5, 5.41) is 10.3. The number of sulfone groups is 1. The van der Waals surface area contributed by atoms with Gasteiger partial charge in [0, 0.05) is 23.6 Å². The van der Waals surface area contributed by atoms with E-state index in [-0.39, 0.29) is 11.0 Å². The van der Waals surface area contributed by atoms with Crippen LogP contribution in [-0.2, 0) is 9.84 Å². The molecule has 0 amide bonds. The van der Waals surface area contributed by atoms with Crippen molar-refractivity contribution in [2.24, 2.45) is 11.8 Å². The number of aromatic nitrogens is 2. The van der Waals surface area contributed by atoms with Gasteiger partial charge in [0.15, 0.2) is 15.7 Å². The second-order valence-electron chi connectivity index (χ2n) is 9.02.